The molecule has 1 aromatic heterocycles. The molecule has 1 saturated heterocycles. The van der Waals surface area contributed by atoms with Crippen LogP contribution in [-0.4, -0.2) is 68.6 Å². The zero-order chi connectivity index (χ0) is 27.5. The van der Waals surface area contributed by atoms with Crippen molar-refractivity contribution in [1.29, 1.82) is 0 Å². The SMILES string of the molecule is CCCCNC(=O)OCOc1ccc2ccc(OCCCCN3CCN(c4cccc(Cl)c4Cl)CC3)cc2n1. The number of nitrogens with one attached hydrogen (secondary N) is 1. The molecule has 1 aliphatic heterocycles. The molecule has 3 aromatic rings. The molecule has 1 amide bonds. The first-order chi connectivity index (χ1) is 19.0. The van der Waals surface area contributed by atoms with Crippen LogP contribution in [0.3, 0.4) is 0 Å². The molecule has 0 saturated carbocycles. The van der Waals surface area contributed by atoms with E-state index in [4.69, 9.17) is 37.4 Å². The number of halogens is 2. The second kappa shape index (κ2) is 15.0. The molecule has 1 aliphatic rings. The van der Waals surface area contributed by atoms with Crippen LogP contribution in [0, 0.1) is 0 Å². The maximum absolute atomic E-state index is 11.6. The Morgan fingerprint density at radius 2 is 1.82 bits per heavy atom. The summed E-state index contributed by atoms with van der Waals surface area (Å²) in [6.45, 7) is 8.00. The van der Waals surface area contributed by atoms with Gasteiger partial charge in [-0.15, -0.1) is 0 Å². The van der Waals surface area contributed by atoms with Gasteiger partial charge in [-0.05, 0) is 56.1 Å². The van der Waals surface area contributed by atoms with Gasteiger partial charge in [-0.1, -0.05) is 42.6 Å². The van der Waals surface area contributed by atoms with E-state index in [-0.39, 0.29) is 6.79 Å². The number of hydrogen-bond donors (Lipinski definition) is 1. The molecule has 2 aromatic carbocycles. The van der Waals surface area contributed by atoms with Crippen LogP contribution in [0.5, 0.6) is 11.6 Å². The molecule has 1 N–H and O–H groups in total. The maximum Gasteiger partial charge on any atom is 0.410 e. The molecular weight excluding hydrogens is 539 g/mol. The maximum atomic E-state index is 11.6. The zero-order valence-electron chi connectivity index (χ0n) is 22.3. The predicted molar refractivity (Wildman–Crippen MR) is 156 cm³/mol. The molecule has 0 radical (unpaired) electrons. The molecule has 0 unspecified atom stereocenters. The number of nitrogens with zero attached hydrogens (tertiary/aromatic N) is 3. The lowest BCUT2D eigenvalue weighted by Gasteiger charge is -2.36. The number of benzene rings is 2. The number of amides is 1. The van der Waals surface area contributed by atoms with Crippen molar-refractivity contribution in [2.45, 2.75) is 32.6 Å². The quantitative estimate of drug-likeness (QED) is 0.187. The van der Waals surface area contributed by atoms with Crippen molar-refractivity contribution in [3.8, 4) is 11.6 Å². The highest BCUT2D eigenvalue weighted by molar-refractivity contribution is 6.43. The van der Waals surface area contributed by atoms with Gasteiger partial charge in [-0.3, -0.25) is 4.90 Å². The lowest BCUT2D eigenvalue weighted by Crippen LogP contribution is -2.46. The van der Waals surface area contributed by atoms with E-state index in [1.54, 1.807) is 6.07 Å². The van der Waals surface area contributed by atoms with Crippen molar-refractivity contribution < 1.29 is 19.0 Å². The van der Waals surface area contributed by atoms with Crippen LogP contribution >= 0.6 is 23.2 Å². The molecule has 4 rings (SSSR count). The van der Waals surface area contributed by atoms with Gasteiger partial charge in [0.1, 0.15) is 5.75 Å². The summed E-state index contributed by atoms with van der Waals surface area (Å²) in [5.41, 5.74) is 1.77. The number of unbranched alkanes of at least 4 members (excludes halogenated alkanes) is 2. The van der Waals surface area contributed by atoms with Crippen LogP contribution in [0.2, 0.25) is 10.0 Å². The van der Waals surface area contributed by atoms with Crippen LogP contribution in [-0.2, 0) is 4.74 Å². The van der Waals surface area contributed by atoms with E-state index < -0.39 is 6.09 Å². The van der Waals surface area contributed by atoms with Crippen molar-refractivity contribution in [3.05, 3.63) is 58.6 Å². The Labute approximate surface area is 240 Å². The summed E-state index contributed by atoms with van der Waals surface area (Å²) < 4.78 is 16.5. The molecule has 2 heterocycles. The van der Waals surface area contributed by atoms with E-state index in [1.807, 2.05) is 42.5 Å². The minimum absolute atomic E-state index is 0.198. The Balaban J connectivity index is 1.15. The zero-order valence-corrected chi connectivity index (χ0v) is 23.8. The first kappa shape index (κ1) is 29.1. The largest absolute Gasteiger partial charge is 0.494 e. The normalized spacial score (nSPS) is 13.9. The number of carbonyl (C=O) groups excluding carboxylic acids is 1. The Hall–Kier alpha value is -2.94. The van der Waals surface area contributed by atoms with E-state index in [0.717, 1.165) is 80.7 Å². The van der Waals surface area contributed by atoms with Crippen LogP contribution in [0.25, 0.3) is 10.9 Å². The average molecular weight is 576 g/mol. The van der Waals surface area contributed by atoms with Crippen LogP contribution in [0.4, 0.5) is 10.5 Å². The molecule has 8 nitrogen and oxygen atoms in total. The van der Waals surface area contributed by atoms with E-state index in [0.29, 0.717) is 29.1 Å². The number of alkyl carbamates (subject to hydrolysis) is 1. The number of ether oxygens (including phenoxy) is 3. The first-order valence-corrected chi connectivity index (χ1v) is 14.3. The summed E-state index contributed by atoms with van der Waals surface area (Å²) >= 11 is 12.6. The minimum atomic E-state index is -0.496. The van der Waals surface area contributed by atoms with Crippen LogP contribution in [0.1, 0.15) is 32.6 Å². The highest BCUT2D eigenvalue weighted by Gasteiger charge is 2.19. The van der Waals surface area contributed by atoms with Gasteiger partial charge in [0.2, 0.25) is 12.7 Å². The second-order valence-electron chi connectivity index (χ2n) is 9.44. The van der Waals surface area contributed by atoms with Gasteiger partial charge in [0.05, 0.1) is 27.9 Å². The van der Waals surface area contributed by atoms with Gasteiger partial charge in [0.25, 0.3) is 0 Å². The standard InChI is InChI=1S/C29H36Cl2N4O4/c1-2-3-13-32-29(36)39-21-38-27-12-10-22-9-11-23(20-25(22)33-27)37-19-5-4-14-34-15-17-35(18-16-34)26-8-6-7-24(30)28(26)31/h6-12,20H,2-5,13-19,21H2,1H3,(H,32,36). The first-order valence-electron chi connectivity index (χ1n) is 13.5. The van der Waals surface area contributed by atoms with Crippen molar-refractivity contribution in [2.75, 3.05) is 57.6 Å². The highest BCUT2D eigenvalue weighted by Crippen LogP contribution is 2.33. The van der Waals surface area contributed by atoms with Gasteiger partial charge in [-0.25, -0.2) is 9.78 Å². The fraction of sp³-hybridized carbons (Fsp3) is 0.448. The van der Waals surface area contributed by atoms with Crippen molar-refractivity contribution in [1.82, 2.24) is 15.2 Å². The Morgan fingerprint density at radius 3 is 2.64 bits per heavy atom. The fourth-order valence-corrected chi connectivity index (χ4v) is 4.80. The molecule has 210 valence electrons. The molecule has 39 heavy (non-hydrogen) atoms. The number of carbonyl (C=O) groups is 1. The van der Waals surface area contributed by atoms with E-state index in [9.17, 15) is 4.79 Å². The summed E-state index contributed by atoms with van der Waals surface area (Å²) in [5, 5.41) is 4.88. The Morgan fingerprint density at radius 1 is 1.00 bits per heavy atom. The number of hydrogen-bond acceptors (Lipinski definition) is 7. The number of aromatic nitrogens is 1. The van der Waals surface area contributed by atoms with Crippen molar-refractivity contribution in [3.63, 3.8) is 0 Å². The van der Waals surface area contributed by atoms with E-state index in [2.05, 4.69) is 27.0 Å². The molecule has 1 fully saturated rings. The van der Waals surface area contributed by atoms with E-state index >= 15 is 0 Å². The number of fused-ring (bicyclic) bond motifs is 1. The highest BCUT2D eigenvalue weighted by atomic mass is 35.5. The number of piperazine rings is 1. The second-order valence-corrected chi connectivity index (χ2v) is 10.2. The van der Waals surface area contributed by atoms with Crippen molar-refractivity contribution >= 4 is 45.9 Å². The third kappa shape index (κ3) is 8.78. The topological polar surface area (TPSA) is 76.2 Å². The smallest absolute Gasteiger partial charge is 0.410 e. The van der Waals surface area contributed by atoms with Crippen LogP contribution in [0.15, 0.2) is 48.5 Å². The lowest BCUT2D eigenvalue weighted by molar-refractivity contribution is 0.0571. The molecule has 10 heteroatoms. The van der Waals surface area contributed by atoms with Gasteiger partial charge >= 0.3 is 6.09 Å². The van der Waals surface area contributed by atoms with Crippen LogP contribution < -0.4 is 19.7 Å². The van der Waals surface area contributed by atoms with Gasteiger partial charge < -0.3 is 24.4 Å². The molecule has 0 atom stereocenters. The van der Waals surface area contributed by atoms with Gasteiger partial charge in [0, 0.05) is 50.2 Å². The Bertz CT molecular complexity index is 1220. The summed E-state index contributed by atoms with van der Waals surface area (Å²) in [6.07, 6.45) is 3.44. The number of anilines is 1. The predicted octanol–water partition coefficient (Wildman–Crippen LogP) is 6.39. The molecule has 0 bridgehead atoms. The lowest BCUT2D eigenvalue weighted by atomic mass is 10.2. The summed E-state index contributed by atoms with van der Waals surface area (Å²) in [7, 11) is 0. The monoisotopic (exact) mass is 574 g/mol. The van der Waals surface area contributed by atoms with E-state index in [1.165, 1.54) is 0 Å². The van der Waals surface area contributed by atoms with Crippen molar-refractivity contribution in [2.24, 2.45) is 0 Å². The van der Waals surface area contributed by atoms with Gasteiger partial charge in [-0.2, -0.15) is 0 Å². The third-order valence-electron chi connectivity index (χ3n) is 6.62. The fourth-order valence-electron chi connectivity index (χ4n) is 4.39. The average Bonchev–Trinajstić information content (AvgIpc) is 2.95. The number of rotatable bonds is 13. The summed E-state index contributed by atoms with van der Waals surface area (Å²) in [5.74, 6) is 1.16. The third-order valence-corrected chi connectivity index (χ3v) is 7.43. The number of pyridine rings is 1. The summed E-state index contributed by atoms with van der Waals surface area (Å²) in [6, 6.07) is 15.3. The summed E-state index contributed by atoms with van der Waals surface area (Å²) in [4.78, 5) is 20.9. The van der Waals surface area contributed by atoms with Gasteiger partial charge in [0.15, 0.2) is 0 Å². The molecule has 0 spiro atoms. The molecule has 0 aliphatic carbocycles. The molecular formula is C29H36Cl2N4O4. The Kier molecular flexibility index (Phi) is 11.2. The minimum Gasteiger partial charge on any atom is -0.494 e.